The Morgan fingerprint density at radius 1 is 1.23 bits per heavy atom. The zero-order valence-corrected chi connectivity index (χ0v) is 15.2. The van der Waals surface area contributed by atoms with E-state index in [4.69, 9.17) is 0 Å². The van der Waals surface area contributed by atoms with E-state index in [9.17, 15) is 14.4 Å². The number of nitriles is 1. The summed E-state index contributed by atoms with van der Waals surface area (Å²) in [4.78, 5) is 12.2. The van der Waals surface area contributed by atoms with Gasteiger partial charge in [-0.15, -0.1) is 0 Å². The number of benzene rings is 2. The predicted octanol–water partition coefficient (Wildman–Crippen LogP) is 4.66. The Morgan fingerprint density at radius 3 is 2.65 bits per heavy atom. The van der Waals surface area contributed by atoms with Gasteiger partial charge >= 0.3 is 0 Å². The number of carbonyl (C=O) groups excluding carboxylic acids is 1. The number of aryl methyl sites for hydroxylation is 1. The van der Waals surface area contributed by atoms with Gasteiger partial charge in [-0.05, 0) is 91.3 Å². The number of carbonyl (C=O) groups is 1. The standard InChI is InChI=1S/C22H21FN2O/c1-13-9-17(6-7-21(13)23)20-11-16(12-24)10-19(15(20)3)14(2)18-5-4-8-25-22(18)26/h6-7,9-11H,4-5,8H2,1-3H3,(H,25,26)/b18-14+. The summed E-state index contributed by atoms with van der Waals surface area (Å²) in [7, 11) is 0. The van der Waals surface area contributed by atoms with Crippen molar-refractivity contribution in [2.45, 2.75) is 33.6 Å². The first-order chi connectivity index (χ1) is 12.4. The molecule has 1 amide bonds. The van der Waals surface area contributed by atoms with Gasteiger partial charge in [0.05, 0.1) is 11.6 Å². The van der Waals surface area contributed by atoms with Crippen LogP contribution in [0.15, 0.2) is 35.9 Å². The van der Waals surface area contributed by atoms with Crippen LogP contribution >= 0.6 is 0 Å². The molecule has 0 unspecified atom stereocenters. The van der Waals surface area contributed by atoms with Crippen LogP contribution in [-0.4, -0.2) is 12.5 Å². The molecule has 1 fully saturated rings. The maximum atomic E-state index is 13.6. The number of nitrogens with one attached hydrogen (secondary N) is 1. The summed E-state index contributed by atoms with van der Waals surface area (Å²) >= 11 is 0. The number of allylic oxidation sites excluding steroid dienone is 1. The molecule has 4 heteroatoms. The third kappa shape index (κ3) is 3.25. The second kappa shape index (κ2) is 7.13. The first kappa shape index (κ1) is 17.9. The van der Waals surface area contributed by atoms with Crippen LogP contribution < -0.4 is 5.32 Å². The van der Waals surface area contributed by atoms with Crippen LogP contribution in [0.25, 0.3) is 16.7 Å². The van der Waals surface area contributed by atoms with Crippen LogP contribution in [0.4, 0.5) is 4.39 Å². The van der Waals surface area contributed by atoms with Crippen LogP contribution in [0, 0.1) is 31.0 Å². The highest BCUT2D eigenvalue weighted by molar-refractivity contribution is 6.02. The summed E-state index contributed by atoms with van der Waals surface area (Å²) in [5.41, 5.74) is 6.40. The first-order valence-electron chi connectivity index (χ1n) is 8.72. The Hall–Kier alpha value is -2.93. The van der Waals surface area contributed by atoms with Gasteiger partial charge in [0.1, 0.15) is 5.82 Å². The minimum absolute atomic E-state index is 0.0327. The largest absolute Gasteiger partial charge is 0.352 e. The third-order valence-corrected chi connectivity index (χ3v) is 5.03. The number of rotatable bonds is 2. The lowest BCUT2D eigenvalue weighted by Crippen LogP contribution is -2.31. The number of hydrogen-bond donors (Lipinski definition) is 1. The smallest absolute Gasteiger partial charge is 0.247 e. The van der Waals surface area contributed by atoms with Crippen molar-refractivity contribution < 1.29 is 9.18 Å². The fraction of sp³-hybridized carbons (Fsp3) is 0.273. The highest BCUT2D eigenvalue weighted by Crippen LogP contribution is 2.34. The molecule has 2 aromatic carbocycles. The van der Waals surface area contributed by atoms with Gasteiger partial charge in [0.15, 0.2) is 0 Å². The highest BCUT2D eigenvalue weighted by atomic mass is 19.1. The molecule has 132 valence electrons. The van der Waals surface area contributed by atoms with E-state index in [1.54, 1.807) is 19.1 Å². The zero-order valence-electron chi connectivity index (χ0n) is 15.2. The van der Waals surface area contributed by atoms with Crippen LogP contribution in [-0.2, 0) is 4.79 Å². The number of nitrogens with zero attached hydrogens (tertiary/aromatic N) is 1. The normalized spacial score (nSPS) is 16.0. The van der Waals surface area contributed by atoms with Crippen molar-refractivity contribution in [2.24, 2.45) is 0 Å². The number of halogens is 1. The van der Waals surface area contributed by atoms with Crippen LogP contribution in [0.3, 0.4) is 0 Å². The monoisotopic (exact) mass is 348 g/mol. The molecule has 2 aromatic rings. The topological polar surface area (TPSA) is 52.9 Å². The maximum Gasteiger partial charge on any atom is 0.247 e. The van der Waals surface area contributed by atoms with E-state index < -0.39 is 0 Å². The summed E-state index contributed by atoms with van der Waals surface area (Å²) in [6, 6.07) is 10.8. The molecule has 0 aromatic heterocycles. The van der Waals surface area contributed by atoms with Crippen LogP contribution in [0.2, 0.25) is 0 Å². The van der Waals surface area contributed by atoms with Crippen molar-refractivity contribution in [3.8, 4) is 17.2 Å². The van der Waals surface area contributed by atoms with Crippen molar-refractivity contribution in [1.29, 1.82) is 5.26 Å². The van der Waals surface area contributed by atoms with E-state index in [-0.39, 0.29) is 11.7 Å². The first-order valence-corrected chi connectivity index (χ1v) is 8.72. The molecule has 0 bridgehead atoms. The number of piperidine rings is 1. The Balaban J connectivity index is 2.21. The van der Waals surface area contributed by atoms with Crippen molar-refractivity contribution in [3.05, 3.63) is 64.0 Å². The van der Waals surface area contributed by atoms with E-state index in [2.05, 4.69) is 11.4 Å². The van der Waals surface area contributed by atoms with Crippen molar-refractivity contribution in [3.63, 3.8) is 0 Å². The average Bonchev–Trinajstić information content (AvgIpc) is 2.64. The molecule has 3 nitrogen and oxygen atoms in total. The van der Waals surface area contributed by atoms with E-state index in [1.165, 1.54) is 6.07 Å². The molecule has 0 spiro atoms. The minimum Gasteiger partial charge on any atom is -0.352 e. The summed E-state index contributed by atoms with van der Waals surface area (Å²) in [6.07, 6.45) is 1.65. The molecule has 1 aliphatic heterocycles. The molecule has 0 radical (unpaired) electrons. The molecule has 1 saturated heterocycles. The van der Waals surface area contributed by atoms with Crippen molar-refractivity contribution in [2.75, 3.05) is 6.54 Å². The minimum atomic E-state index is -0.250. The second-order valence-electron chi connectivity index (χ2n) is 6.74. The van der Waals surface area contributed by atoms with E-state index in [1.807, 2.05) is 26.0 Å². The number of hydrogen-bond acceptors (Lipinski definition) is 2. The zero-order chi connectivity index (χ0) is 18.8. The lowest BCUT2D eigenvalue weighted by Gasteiger charge is -2.20. The lowest BCUT2D eigenvalue weighted by atomic mass is 9.87. The average molecular weight is 348 g/mol. The van der Waals surface area contributed by atoms with Gasteiger partial charge in [-0.3, -0.25) is 4.79 Å². The van der Waals surface area contributed by atoms with Gasteiger partial charge in [-0.1, -0.05) is 6.07 Å². The molecule has 3 rings (SSSR count). The molecule has 1 heterocycles. The quantitative estimate of drug-likeness (QED) is 0.802. The van der Waals surface area contributed by atoms with Gasteiger partial charge in [0.2, 0.25) is 5.91 Å². The third-order valence-electron chi connectivity index (χ3n) is 5.03. The van der Waals surface area contributed by atoms with Crippen molar-refractivity contribution in [1.82, 2.24) is 5.32 Å². The van der Waals surface area contributed by atoms with E-state index in [0.29, 0.717) is 17.7 Å². The van der Waals surface area contributed by atoms with Crippen molar-refractivity contribution >= 4 is 11.5 Å². The summed E-state index contributed by atoms with van der Waals surface area (Å²) in [5, 5.41) is 12.3. The Bertz CT molecular complexity index is 967. The Labute approximate surface area is 153 Å². The SMILES string of the molecule is C/C(=C1/CCCNC1=O)c1cc(C#N)cc(-c2ccc(F)c(C)c2)c1C. The van der Waals surface area contributed by atoms with Gasteiger partial charge in [-0.25, -0.2) is 4.39 Å². The van der Waals surface area contributed by atoms with E-state index >= 15 is 0 Å². The molecule has 26 heavy (non-hydrogen) atoms. The number of amides is 1. The lowest BCUT2D eigenvalue weighted by molar-refractivity contribution is -0.118. The van der Waals surface area contributed by atoms with Gasteiger partial charge in [-0.2, -0.15) is 5.26 Å². The van der Waals surface area contributed by atoms with Gasteiger partial charge in [0.25, 0.3) is 0 Å². The molecule has 1 N–H and O–H groups in total. The Kier molecular flexibility index (Phi) is 4.90. The van der Waals surface area contributed by atoms with Gasteiger partial charge < -0.3 is 5.32 Å². The Morgan fingerprint density at radius 2 is 2.00 bits per heavy atom. The fourth-order valence-electron chi connectivity index (χ4n) is 3.49. The molecule has 1 aliphatic rings. The summed E-state index contributed by atoms with van der Waals surface area (Å²) in [5.74, 6) is -0.282. The molecular weight excluding hydrogens is 327 g/mol. The molecule has 0 saturated carbocycles. The fourth-order valence-corrected chi connectivity index (χ4v) is 3.49. The molecule has 0 atom stereocenters. The summed E-state index contributed by atoms with van der Waals surface area (Å²) < 4.78 is 13.6. The molecular formula is C22H21FN2O. The van der Waals surface area contributed by atoms with Crippen LogP contribution in [0.1, 0.15) is 42.0 Å². The molecule has 0 aliphatic carbocycles. The maximum absolute atomic E-state index is 13.6. The van der Waals surface area contributed by atoms with Gasteiger partial charge in [0, 0.05) is 12.1 Å². The van der Waals surface area contributed by atoms with Crippen LogP contribution in [0.5, 0.6) is 0 Å². The van der Waals surface area contributed by atoms with E-state index in [0.717, 1.165) is 46.2 Å². The predicted molar refractivity (Wildman–Crippen MR) is 101 cm³/mol. The highest BCUT2D eigenvalue weighted by Gasteiger charge is 2.20. The second-order valence-corrected chi connectivity index (χ2v) is 6.74. The summed E-state index contributed by atoms with van der Waals surface area (Å²) in [6.45, 7) is 6.34.